The molecule has 0 amide bonds. The van der Waals surface area contributed by atoms with Gasteiger partial charge in [0.15, 0.2) is 5.78 Å². The third-order valence-electron chi connectivity index (χ3n) is 2.87. The van der Waals surface area contributed by atoms with Crippen LogP contribution in [0.3, 0.4) is 0 Å². The van der Waals surface area contributed by atoms with Gasteiger partial charge in [-0.3, -0.25) is 4.79 Å². The highest BCUT2D eigenvalue weighted by Crippen LogP contribution is 2.22. The molecule has 1 aromatic rings. The van der Waals surface area contributed by atoms with E-state index in [4.69, 9.17) is 4.74 Å². The van der Waals surface area contributed by atoms with Gasteiger partial charge in [0.05, 0.1) is 6.61 Å². The van der Waals surface area contributed by atoms with Gasteiger partial charge in [-0.1, -0.05) is 19.8 Å². The van der Waals surface area contributed by atoms with Crippen molar-refractivity contribution in [2.45, 2.75) is 47.0 Å². The number of hydrogen-bond donors (Lipinski definition) is 0. The lowest BCUT2D eigenvalue weighted by Gasteiger charge is -2.11. The topological polar surface area (TPSA) is 26.3 Å². The van der Waals surface area contributed by atoms with Gasteiger partial charge in [0.1, 0.15) is 5.75 Å². The van der Waals surface area contributed by atoms with E-state index in [1.807, 2.05) is 26.0 Å². The summed E-state index contributed by atoms with van der Waals surface area (Å²) >= 11 is 0. The van der Waals surface area contributed by atoms with Crippen LogP contribution in [-0.2, 0) is 0 Å². The summed E-state index contributed by atoms with van der Waals surface area (Å²) in [6.45, 7) is 8.46. The predicted molar refractivity (Wildman–Crippen MR) is 70.9 cm³/mol. The summed E-state index contributed by atoms with van der Waals surface area (Å²) in [7, 11) is 0. The molecule has 1 rings (SSSR count). The zero-order valence-electron chi connectivity index (χ0n) is 11.3. The van der Waals surface area contributed by atoms with Crippen molar-refractivity contribution in [3.63, 3.8) is 0 Å². The molecule has 0 aliphatic carbocycles. The quantitative estimate of drug-likeness (QED) is 0.547. The number of rotatable bonds is 6. The van der Waals surface area contributed by atoms with Gasteiger partial charge in [0.25, 0.3) is 0 Å². The van der Waals surface area contributed by atoms with Crippen molar-refractivity contribution in [2.24, 2.45) is 0 Å². The molecule has 0 radical (unpaired) electrons. The zero-order chi connectivity index (χ0) is 12.8. The molecule has 0 unspecified atom stereocenters. The Hall–Kier alpha value is -1.31. The van der Waals surface area contributed by atoms with Crippen LogP contribution in [0.15, 0.2) is 12.1 Å². The van der Waals surface area contributed by atoms with E-state index in [1.54, 1.807) is 6.92 Å². The summed E-state index contributed by atoms with van der Waals surface area (Å²) in [4.78, 5) is 11.5. The lowest BCUT2D eigenvalue weighted by atomic mass is 9.99. The van der Waals surface area contributed by atoms with Crippen LogP contribution in [0.5, 0.6) is 5.75 Å². The minimum atomic E-state index is 0.123. The lowest BCUT2D eigenvalue weighted by Crippen LogP contribution is -2.03. The average molecular weight is 234 g/mol. The Morgan fingerprint density at radius 3 is 2.24 bits per heavy atom. The molecule has 0 saturated heterocycles. The van der Waals surface area contributed by atoms with Crippen molar-refractivity contribution in [3.05, 3.63) is 28.8 Å². The Kier molecular flexibility index (Phi) is 5.20. The molecule has 0 bridgehead atoms. The molecular weight excluding hydrogens is 212 g/mol. The molecular formula is C15H22O2. The zero-order valence-corrected chi connectivity index (χ0v) is 11.3. The van der Waals surface area contributed by atoms with Gasteiger partial charge in [-0.15, -0.1) is 0 Å². The Labute approximate surface area is 104 Å². The number of carbonyl (C=O) groups is 1. The van der Waals surface area contributed by atoms with E-state index in [-0.39, 0.29) is 5.78 Å². The average Bonchev–Trinajstić information content (AvgIpc) is 2.23. The Morgan fingerprint density at radius 2 is 1.76 bits per heavy atom. The summed E-state index contributed by atoms with van der Waals surface area (Å²) in [6, 6.07) is 3.91. The second-order valence-electron chi connectivity index (χ2n) is 4.54. The molecule has 0 fully saturated rings. The molecule has 0 aliphatic heterocycles. The molecule has 0 spiro atoms. The van der Waals surface area contributed by atoms with E-state index in [0.29, 0.717) is 0 Å². The normalized spacial score (nSPS) is 10.4. The van der Waals surface area contributed by atoms with E-state index >= 15 is 0 Å². The van der Waals surface area contributed by atoms with Crippen molar-refractivity contribution >= 4 is 5.78 Å². The second kappa shape index (κ2) is 6.43. The van der Waals surface area contributed by atoms with Gasteiger partial charge >= 0.3 is 0 Å². The SMILES string of the molecule is CCCCCOc1cc(C)c(C(C)=O)c(C)c1. The fraction of sp³-hybridized carbons (Fsp3) is 0.533. The van der Waals surface area contributed by atoms with Crippen molar-refractivity contribution in [3.8, 4) is 5.75 Å². The molecule has 0 saturated carbocycles. The summed E-state index contributed by atoms with van der Waals surface area (Å²) in [5.41, 5.74) is 2.83. The van der Waals surface area contributed by atoms with E-state index < -0.39 is 0 Å². The van der Waals surface area contributed by atoms with E-state index in [9.17, 15) is 4.79 Å². The molecule has 0 heterocycles. The maximum absolute atomic E-state index is 11.5. The first-order valence-electron chi connectivity index (χ1n) is 6.31. The maximum Gasteiger partial charge on any atom is 0.160 e. The van der Waals surface area contributed by atoms with Crippen LogP contribution in [0.25, 0.3) is 0 Å². The molecule has 2 heteroatoms. The molecule has 17 heavy (non-hydrogen) atoms. The maximum atomic E-state index is 11.5. The van der Waals surface area contributed by atoms with Crippen LogP contribution in [0.2, 0.25) is 0 Å². The summed E-state index contributed by atoms with van der Waals surface area (Å²) in [5, 5.41) is 0. The highest BCUT2D eigenvalue weighted by molar-refractivity contribution is 5.97. The number of ether oxygens (including phenoxy) is 1. The number of benzene rings is 1. The first kappa shape index (κ1) is 13.8. The van der Waals surface area contributed by atoms with Crippen molar-refractivity contribution in [2.75, 3.05) is 6.61 Å². The summed E-state index contributed by atoms with van der Waals surface area (Å²) in [5.74, 6) is 0.999. The van der Waals surface area contributed by atoms with Gasteiger partial charge in [-0.05, 0) is 50.5 Å². The molecule has 0 N–H and O–H groups in total. The summed E-state index contributed by atoms with van der Waals surface area (Å²) < 4.78 is 5.69. The Bertz CT molecular complexity index is 371. The number of carbonyl (C=O) groups excluding carboxylic acids is 1. The third kappa shape index (κ3) is 3.88. The third-order valence-corrected chi connectivity index (χ3v) is 2.87. The largest absolute Gasteiger partial charge is 0.494 e. The molecule has 1 aromatic carbocycles. The molecule has 0 aliphatic rings. The second-order valence-corrected chi connectivity index (χ2v) is 4.54. The predicted octanol–water partition coefficient (Wildman–Crippen LogP) is 4.08. The standard InChI is InChI=1S/C15H22O2/c1-5-6-7-8-17-14-9-11(2)15(13(4)16)12(3)10-14/h9-10H,5-8H2,1-4H3. The van der Waals surface area contributed by atoms with E-state index in [1.165, 1.54) is 12.8 Å². The number of unbranched alkanes of at least 4 members (excludes halogenated alkanes) is 2. The number of ketones is 1. The molecule has 2 nitrogen and oxygen atoms in total. The Morgan fingerprint density at radius 1 is 1.18 bits per heavy atom. The van der Waals surface area contributed by atoms with E-state index in [0.717, 1.165) is 35.5 Å². The van der Waals surface area contributed by atoms with Crippen LogP contribution in [0, 0.1) is 13.8 Å². The van der Waals surface area contributed by atoms with Crippen LogP contribution in [0.4, 0.5) is 0 Å². The van der Waals surface area contributed by atoms with Crippen molar-refractivity contribution < 1.29 is 9.53 Å². The highest BCUT2D eigenvalue weighted by atomic mass is 16.5. The van der Waals surface area contributed by atoms with Gasteiger partial charge in [0.2, 0.25) is 0 Å². The van der Waals surface area contributed by atoms with Gasteiger partial charge in [-0.2, -0.15) is 0 Å². The summed E-state index contributed by atoms with van der Waals surface area (Å²) in [6.07, 6.45) is 3.48. The Balaban J connectivity index is 2.73. The first-order chi connectivity index (χ1) is 8.06. The minimum absolute atomic E-state index is 0.123. The van der Waals surface area contributed by atoms with Crippen LogP contribution in [-0.4, -0.2) is 12.4 Å². The molecule has 0 aromatic heterocycles. The highest BCUT2D eigenvalue weighted by Gasteiger charge is 2.09. The van der Waals surface area contributed by atoms with Gasteiger partial charge in [-0.25, -0.2) is 0 Å². The lowest BCUT2D eigenvalue weighted by molar-refractivity contribution is 0.101. The molecule has 0 atom stereocenters. The minimum Gasteiger partial charge on any atom is -0.494 e. The van der Waals surface area contributed by atoms with Crippen LogP contribution < -0.4 is 4.74 Å². The number of hydrogen-bond acceptors (Lipinski definition) is 2. The van der Waals surface area contributed by atoms with Crippen molar-refractivity contribution in [1.82, 2.24) is 0 Å². The first-order valence-corrected chi connectivity index (χ1v) is 6.31. The van der Waals surface area contributed by atoms with Crippen molar-refractivity contribution in [1.29, 1.82) is 0 Å². The van der Waals surface area contributed by atoms with Crippen LogP contribution >= 0.6 is 0 Å². The smallest absolute Gasteiger partial charge is 0.160 e. The number of Topliss-reactive ketones (excluding diaryl/α,β-unsaturated/α-hetero) is 1. The molecule has 94 valence electrons. The van der Waals surface area contributed by atoms with E-state index in [2.05, 4.69) is 6.92 Å². The van der Waals surface area contributed by atoms with Gasteiger partial charge in [0, 0.05) is 5.56 Å². The number of aryl methyl sites for hydroxylation is 2. The monoisotopic (exact) mass is 234 g/mol. The van der Waals surface area contributed by atoms with Crippen LogP contribution in [0.1, 0.15) is 54.6 Å². The fourth-order valence-electron chi connectivity index (χ4n) is 2.10. The fourth-order valence-corrected chi connectivity index (χ4v) is 2.10. The van der Waals surface area contributed by atoms with Gasteiger partial charge < -0.3 is 4.74 Å².